The van der Waals surface area contributed by atoms with Gasteiger partial charge >= 0.3 is 0 Å². The molecule has 0 atom stereocenters. The van der Waals surface area contributed by atoms with Gasteiger partial charge in [0, 0.05) is 0 Å². The van der Waals surface area contributed by atoms with Crippen LogP contribution in [0.1, 0.15) is 84.0 Å². The number of unbranched alkanes of at least 4 members (excludes halogenated alkanes) is 1. The third-order valence-corrected chi connectivity index (χ3v) is 13.9. The zero-order valence-corrected chi connectivity index (χ0v) is 17.3. The molecule has 0 aliphatic heterocycles. The van der Waals surface area contributed by atoms with E-state index in [2.05, 4.69) is 6.92 Å². The van der Waals surface area contributed by atoms with Gasteiger partial charge in [0.25, 0.3) is 0 Å². The summed E-state index contributed by atoms with van der Waals surface area (Å²) >= 11 is 0. The van der Waals surface area contributed by atoms with Crippen LogP contribution in [0, 0.1) is 47.3 Å². The van der Waals surface area contributed by atoms with Crippen molar-refractivity contribution in [3.05, 3.63) is 0 Å². The molecule has 0 aromatic rings. The summed E-state index contributed by atoms with van der Waals surface area (Å²) in [7, 11) is 0.334. The van der Waals surface area contributed by atoms with Gasteiger partial charge < -0.3 is 0 Å². The van der Waals surface area contributed by atoms with E-state index in [1.807, 2.05) is 0 Å². The fourth-order valence-electron chi connectivity index (χ4n) is 9.71. The second-order valence-corrected chi connectivity index (χ2v) is 14.1. The highest BCUT2D eigenvalue weighted by atomic mass is 31.1. The lowest BCUT2D eigenvalue weighted by Gasteiger charge is -2.62. The van der Waals surface area contributed by atoms with Gasteiger partial charge in [-0.1, -0.05) is 21.3 Å². The Balaban J connectivity index is 1.30. The zero-order chi connectivity index (χ0) is 16.5. The Labute approximate surface area is 157 Å². The molecule has 0 spiro atoms. The quantitative estimate of drug-likeness (QED) is 0.468. The van der Waals surface area contributed by atoms with Crippen LogP contribution in [0.15, 0.2) is 0 Å². The molecule has 0 unspecified atom stereocenters. The Kier molecular flexibility index (Phi) is 4.08. The molecule has 1 heteroatoms. The number of hydrogen-bond donors (Lipinski definition) is 0. The van der Waals surface area contributed by atoms with E-state index in [1.165, 1.54) is 65.1 Å². The molecule has 0 amide bonds. The molecular formula is C24H39P. The minimum Gasteiger partial charge on any atom is -0.0992 e. The van der Waals surface area contributed by atoms with Crippen molar-refractivity contribution in [2.45, 2.75) is 95.3 Å². The molecule has 0 nitrogen and oxygen atoms in total. The van der Waals surface area contributed by atoms with Crippen molar-refractivity contribution < 1.29 is 0 Å². The highest BCUT2D eigenvalue weighted by Gasteiger charge is 2.56. The molecule has 0 radical (unpaired) electrons. The lowest BCUT2D eigenvalue weighted by Crippen LogP contribution is -2.53. The van der Waals surface area contributed by atoms with Gasteiger partial charge in [0.2, 0.25) is 0 Å². The first kappa shape index (κ1) is 16.4. The van der Waals surface area contributed by atoms with Crippen molar-refractivity contribution >= 4 is 7.92 Å². The van der Waals surface area contributed by atoms with E-state index in [4.69, 9.17) is 0 Å². The summed E-state index contributed by atoms with van der Waals surface area (Å²) in [5, 5.41) is 0. The molecule has 8 aliphatic carbocycles. The molecule has 8 saturated carbocycles. The second-order valence-electron chi connectivity index (χ2n) is 11.4. The Morgan fingerprint density at radius 2 is 0.920 bits per heavy atom. The van der Waals surface area contributed by atoms with Crippen LogP contribution in [-0.2, 0) is 0 Å². The monoisotopic (exact) mass is 358 g/mol. The summed E-state index contributed by atoms with van der Waals surface area (Å²) in [6, 6.07) is 0. The molecular weight excluding hydrogens is 319 g/mol. The largest absolute Gasteiger partial charge is 0.0992 e. The Morgan fingerprint density at radius 1 is 0.560 bits per heavy atom. The summed E-state index contributed by atoms with van der Waals surface area (Å²) in [6.07, 6.45) is 21.2. The summed E-state index contributed by atoms with van der Waals surface area (Å²) in [5.41, 5.74) is 2.47. The normalized spacial score (nSPS) is 56.5. The molecule has 8 rings (SSSR count). The van der Waals surface area contributed by atoms with Crippen LogP contribution in [0.4, 0.5) is 0 Å². The van der Waals surface area contributed by atoms with Crippen molar-refractivity contribution in [3.63, 3.8) is 0 Å². The first-order chi connectivity index (χ1) is 12.3. The van der Waals surface area contributed by atoms with E-state index in [1.54, 1.807) is 76.8 Å². The van der Waals surface area contributed by atoms with Gasteiger partial charge in [-0.15, -0.1) is 0 Å². The lowest BCUT2D eigenvalue weighted by molar-refractivity contribution is 0.0130. The minimum absolute atomic E-state index is 0.334. The molecule has 0 heterocycles. The fraction of sp³-hybridized carbons (Fsp3) is 1.00. The third kappa shape index (κ3) is 2.62. The van der Waals surface area contributed by atoms with E-state index < -0.39 is 0 Å². The van der Waals surface area contributed by atoms with Crippen LogP contribution in [0.3, 0.4) is 0 Å². The molecule has 8 aliphatic rings. The highest BCUT2D eigenvalue weighted by Crippen LogP contribution is 2.71. The first-order valence-corrected chi connectivity index (χ1v) is 13.7. The van der Waals surface area contributed by atoms with Crippen molar-refractivity contribution in [1.82, 2.24) is 0 Å². The summed E-state index contributed by atoms with van der Waals surface area (Å²) in [4.78, 5) is 0. The Hall–Kier alpha value is 0.430. The van der Waals surface area contributed by atoms with Gasteiger partial charge in [-0.05, 0) is 135 Å². The maximum Gasteiger partial charge on any atom is -0.0149 e. The van der Waals surface area contributed by atoms with Gasteiger partial charge in [0.05, 0.1) is 0 Å². The first-order valence-electron chi connectivity index (χ1n) is 12.0. The summed E-state index contributed by atoms with van der Waals surface area (Å²) < 4.78 is 0. The maximum absolute atomic E-state index is 2.45. The molecule has 8 fully saturated rings. The molecule has 8 bridgehead atoms. The van der Waals surface area contributed by atoms with Gasteiger partial charge in [0.1, 0.15) is 0 Å². The molecule has 0 saturated heterocycles. The van der Waals surface area contributed by atoms with E-state index >= 15 is 0 Å². The summed E-state index contributed by atoms with van der Waals surface area (Å²) in [6.45, 7) is 2.45. The van der Waals surface area contributed by atoms with E-state index in [0.717, 1.165) is 0 Å². The predicted octanol–water partition coefficient (Wildman–Crippen LogP) is 6.92. The minimum atomic E-state index is 0.334. The lowest BCUT2D eigenvalue weighted by atomic mass is 9.55. The second kappa shape index (κ2) is 6.22. The molecule has 25 heavy (non-hydrogen) atoms. The SMILES string of the molecule is CCCCP(C1C2CC3CC(C2)CC1C3)C1C2CC3CC(C2)CC1C3. The standard InChI is InChI=1S/C24H39P/c1-2-3-4-25(23-19-7-15-5-16(9-19)10-20(23)8-15)24-21-11-17-6-18(13-21)14-22(24)12-17/h15-24H,2-14H2,1H3. The maximum atomic E-state index is 2.45. The van der Waals surface area contributed by atoms with Crippen molar-refractivity contribution in [2.75, 3.05) is 6.16 Å². The highest BCUT2D eigenvalue weighted by molar-refractivity contribution is 7.59. The average Bonchev–Trinajstić information content (AvgIpc) is 2.57. The van der Waals surface area contributed by atoms with Crippen LogP contribution < -0.4 is 0 Å². The zero-order valence-electron chi connectivity index (χ0n) is 16.4. The van der Waals surface area contributed by atoms with Crippen LogP contribution >= 0.6 is 7.92 Å². The van der Waals surface area contributed by atoms with Crippen LogP contribution in [0.5, 0.6) is 0 Å². The Morgan fingerprint density at radius 3 is 1.24 bits per heavy atom. The Bertz CT molecular complexity index is 412. The topological polar surface area (TPSA) is 0 Å². The van der Waals surface area contributed by atoms with Crippen LogP contribution in [-0.4, -0.2) is 17.5 Å². The van der Waals surface area contributed by atoms with Crippen molar-refractivity contribution in [3.8, 4) is 0 Å². The van der Waals surface area contributed by atoms with Crippen molar-refractivity contribution in [1.29, 1.82) is 0 Å². The fourth-order valence-corrected chi connectivity index (χ4v) is 14.5. The predicted molar refractivity (Wildman–Crippen MR) is 108 cm³/mol. The molecule has 140 valence electrons. The third-order valence-electron chi connectivity index (χ3n) is 9.89. The van der Waals surface area contributed by atoms with Gasteiger partial charge in [-0.25, -0.2) is 0 Å². The van der Waals surface area contributed by atoms with Gasteiger partial charge in [0.15, 0.2) is 0 Å². The van der Waals surface area contributed by atoms with Gasteiger partial charge in [-0.2, -0.15) is 0 Å². The van der Waals surface area contributed by atoms with Crippen molar-refractivity contribution in [2.24, 2.45) is 47.3 Å². The number of hydrogen-bond acceptors (Lipinski definition) is 0. The average molecular weight is 359 g/mol. The van der Waals surface area contributed by atoms with E-state index in [0.29, 0.717) is 7.92 Å². The van der Waals surface area contributed by atoms with Gasteiger partial charge in [-0.3, -0.25) is 0 Å². The molecule has 0 aromatic heterocycles. The summed E-state index contributed by atoms with van der Waals surface area (Å²) in [5.74, 6) is 9.43. The molecule has 0 N–H and O–H groups in total. The molecule has 0 aromatic carbocycles. The smallest absolute Gasteiger partial charge is 0.0149 e. The van der Waals surface area contributed by atoms with E-state index in [-0.39, 0.29) is 0 Å². The van der Waals surface area contributed by atoms with E-state index in [9.17, 15) is 0 Å². The number of rotatable bonds is 5. The van der Waals surface area contributed by atoms with Crippen LogP contribution in [0.2, 0.25) is 0 Å². The van der Waals surface area contributed by atoms with Crippen LogP contribution in [0.25, 0.3) is 0 Å².